The van der Waals surface area contributed by atoms with Crippen LogP contribution in [0.1, 0.15) is 0 Å². The average molecular weight is 368 g/mol. The lowest BCUT2D eigenvalue weighted by Crippen LogP contribution is -2.12. The van der Waals surface area contributed by atoms with Crippen LogP contribution in [0.3, 0.4) is 0 Å². The fourth-order valence-corrected chi connectivity index (χ4v) is 4.55. The summed E-state index contributed by atoms with van der Waals surface area (Å²) in [4.78, 5) is 12.6. The van der Waals surface area contributed by atoms with Crippen LogP contribution in [0.25, 0.3) is 21.6 Å². The van der Waals surface area contributed by atoms with Gasteiger partial charge in [0.15, 0.2) is 4.21 Å². The lowest BCUT2D eigenvalue weighted by atomic mass is 10.2. The number of hydrogen-bond acceptors (Lipinski definition) is 6. The van der Waals surface area contributed by atoms with Crippen LogP contribution in [-0.2, 0) is 10.0 Å². The van der Waals surface area contributed by atoms with E-state index >= 15 is 0 Å². The SMILES string of the molecule is O=S(=O)(Nc1cccc2cccnc12)c1cnc(-c2ccccn2)s1. The number of thiazole rings is 1. The van der Waals surface area contributed by atoms with Crippen LogP contribution in [0.15, 0.2) is 71.3 Å². The quantitative estimate of drug-likeness (QED) is 0.595. The molecular formula is C17H12N4O2S2. The van der Waals surface area contributed by atoms with E-state index in [2.05, 4.69) is 19.7 Å². The zero-order valence-corrected chi connectivity index (χ0v) is 14.5. The molecule has 4 aromatic rings. The first kappa shape index (κ1) is 15.7. The van der Waals surface area contributed by atoms with Crippen molar-refractivity contribution in [2.75, 3.05) is 4.72 Å². The topological polar surface area (TPSA) is 84.8 Å². The molecule has 0 saturated heterocycles. The number of pyridine rings is 2. The zero-order chi connectivity index (χ0) is 17.3. The normalized spacial score (nSPS) is 11.5. The highest BCUT2D eigenvalue weighted by atomic mass is 32.2. The van der Waals surface area contributed by atoms with Crippen molar-refractivity contribution in [1.29, 1.82) is 0 Å². The molecule has 124 valence electrons. The minimum atomic E-state index is -3.75. The first-order chi connectivity index (χ1) is 12.1. The second kappa shape index (κ2) is 6.23. The Kier molecular flexibility index (Phi) is 3.90. The van der Waals surface area contributed by atoms with E-state index in [1.165, 1.54) is 6.20 Å². The number of para-hydroxylation sites is 1. The molecule has 0 saturated carbocycles. The predicted octanol–water partition coefficient (Wildman–Crippen LogP) is 3.55. The summed E-state index contributed by atoms with van der Waals surface area (Å²) in [6.07, 6.45) is 4.62. The molecule has 0 radical (unpaired) electrons. The summed E-state index contributed by atoms with van der Waals surface area (Å²) in [5.74, 6) is 0. The predicted molar refractivity (Wildman–Crippen MR) is 97.9 cm³/mol. The Balaban J connectivity index is 1.69. The standard InChI is InChI=1S/C17H12N4O2S2/c22-25(23,15-11-20-17(24-15)14-7-1-2-9-18-14)21-13-8-3-5-12-6-4-10-19-16(12)13/h1-11,21H. The molecule has 4 rings (SSSR count). The maximum absolute atomic E-state index is 12.7. The number of hydrogen-bond donors (Lipinski definition) is 1. The summed E-state index contributed by atoms with van der Waals surface area (Å²) in [6.45, 7) is 0. The Morgan fingerprint density at radius 1 is 0.880 bits per heavy atom. The number of nitrogens with one attached hydrogen (secondary N) is 1. The lowest BCUT2D eigenvalue weighted by molar-refractivity contribution is 0.603. The van der Waals surface area contributed by atoms with Crippen molar-refractivity contribution in [3.63, 3.8) is 0 Å². The zero-order valence-electron chi connectivity index (χ0n) is 12.8. The van der Waals surface area contributed by atoms with E-state index in [0.29, 0.717) is 21.9 Å². The number of rotatable bonds is 4. The number of benzene rings is 1. The number of anilines is 1. The molecule has 8 heteroatoms. The lowest BCUT2D eigenvalue weighted by Gasteiger charge is -2.08. The van der Waals surface area contributed by atoms with Gasteiger partial charge in [-0.2, -0.15) is 0 Å². The highest BCUT2D eigenvalue weighted by molar-refractivity contribution is 7.94. The molecule has 3 heterocycles. The molecule has 0 unspecified atom stereocenters. The van der Waals surface area contributed by atoms with Crippen LogP contribution in [-0.4, -0.2) is 23.4 Å². The number of aromatic nitrogens is 3. The minimum Gasteiger partial charge on any atom is -0.277 e. The van der Waals surface area contributed by atoms with Crippen molar-refractivity contribution >= 4 is 38.0 Å². The molecule has 0 aliphatic rings. The molecule has 3 aromatic heterocycles. The third kappa shape index (κ3) is 3.09. The van der Waals surface area contributed by atoms with Gasteiger partial charge in [-0.3, -0.25) is 14.7 Å². The van der Waals surface area contributed by atoms with Gasteiger partial charge in [-0.25, -0.2) is 13.4 Å². The Labute approximate surface area is 148 Å². The number of nitrogens with zero attached hydrogens (tertiary/aromatic N) is 3. The first-order valence-electron chi connectivity index (χ1n) is 7.37. The maximum atomic E-state index is 12.7. The van der Waals surface area contributed by atoms with Crippen LogP contribution in [0, 0.1) is 0 Å². The molecular weight excluding hydrogens is 356 g/mol. The molecule has 0 amide bonds. The maximum Gasteiger partial charge on any atom is 0.273 e. The third-order valence-electron chi connectivity index (χ3n) is 3.51. The van der Waals surface area contributed by atoms with E-state index in [1.807, 2.05) is 24.3 Å². The van der Waals surface area contributed by atoms with Gasteiger partial charge in [-0.15, -0.1) is 0 Å². The van der Waals surface area contributed by atoms with E-state index in [1.54, 1.807) is 36.7 Å². The van der Waals surface area contributed by atoms with Gasteiger partial charge < -0.3 is 0 Å². The summed E-state index contributed by atoms with van der Waals surface area (Å²) < 4.78 is 28.1. The molecule has 25 heavy (non-hydrogen) atoms. The summed E-state index contributed by atoms with van der Waals surface area (Å²) in [7, 11) is -3.75. The molecule has 0 atom stereocenters. The van der Waals surface area contributed by atoms with Gasteiger partial charge in [0, 0.05) is 17.8 Å². The van der Waals surface area contributed by atoms with Gasteiger partial charge in [0.2, 0.25) is 0 Å². The van der Waals surface area contributed by atoms with Gasteiger partial charge in [0.1, 0.15) is 5.01 Å². The molecule has 0 bridgehead atoms. The minimum absolute atomic E-state index is 0.126. The average Bonchev–Trinajstić information content (AvgIpc) is 3.14. The van der Waals surface area contributed by atoms with Crippen molar-refractivity contribution < 1.29 is 8.42 Å². The van der Waals surface area contributed by atoms with Gasteiger partial charge >= 0.3 is 0 Å². The fraction of sp³-hybridized carbons (Fsp3) is 0. The van der Waals surface area contributed by atoms with Gasteiger partial charge in [-0.05, 0) is 24.3 Å². The first-order valence-corrected chi connectivity index (χ1v) is 9.67. The van der Waals surface area contributed by atoms with Crippen LogP contribution >= 0.6 is 11.3 Å². The van der Waals surface area contributed by atoms with Gasteiger partial charge in [-0.1, -0.05) is 35.6 Å². The molecule has 6 nitrogen and oxygen atoms in total. The monoisotopic (exact) mass is 368 g/mol. The molecule has 0 aliphatic carbocycles. The molecule has 0 aliphatic heterocycles. The molecule has 1 aromatic carbocycles. The summed E-state index contributed by atoms with van der Waals surface area (Å²) in [5, 5.41) is 1.41. The molecule has 0 fully saturated rings. The van der Waals surface area contributed by atoms with Crippen molar-refractivity contribution in [2.24, 2.45) is 0 Å². The van der Waals surface area contributed by atoms with E-state index in [4.69, 9.17) is 0 Å². The Bertz CT molecular complexity index is 1140. The number of fused-ring (bicyclic) bond motifs is 1. The third-order valence-corrected chi connectivity index (χ3v) is 6.36. The van der Waals surface area contributed by atoms with E-state index in [-0.39, 0.29) is 4.21 Å². The Morgan fingerprint density at radius 3 is 2.56 bits per heavy atom. The molecule has 1 N–H and O–H groups in total. The van der Waals surface area contributed by atoms with E-state index in [0.717, 1.165) is 16.7 Å². The van der Waals surface area contributed by atoms with Crippen molar-refractivity contribution in [3.05, 3.63) is 67.1 Å². The van der Waals surface area contributed by atoms with E-state index in [9.17, 15) is 8.42 Å². The van der Waals surface area contributed by atoms with Gasteiger partial charge in [0.25, 0.3) is 10.0 Å². The number of sulfonamides is 1. The Hall–Kier alpha value is -2.84. The van der Waals surface area contributed by atoms with Gasteiger partial charge in [0.05, 0.1) is 23.1 Å². The highest BCUT2D eigenvalue weighted by Crippen LogP contribution is 2.29. The summed E-state index contributed by atoms with van der Waals surface area (Å²) >= 11 is 1.07. The van der Waals surface area contributed by atoms with Crippen LogP contribution < -0.4 is 4.72 Å². The van der Waals surface area contributed by atoms with Crippen molar-refractivity contribution in [2.45, 2.75) is 4.21 Å². The highest BCUT2D eigenvalue weighted by Gasteiger charge is 2.20. The van der Waals surface area contributed by atoms with E-state index < -0.39 is 10.0 Å². The van der Waals surface area contributed by atoms with Crippen molar-refractivity contribution in [3.8, 4) is 10.7 Å². The van der Waals surface area contributed by atoms with Crippen LogP contribution in [0.2, 0.25) is 0 Å². The smallest absolute Gasteiger partial charge is 0.273 e. The van der Waals surface area contributed by atoms with Crippen LogP contribution in [0.4, 0.5) is 5.69 Å². The van der Waals surface area contributed by atoms with Crippen LogP contribution in [0.5, 0.6) is 0 Å². The second-order valence-electron chi connectivity index (χ2n) is 5.19. The summed E-state index contributed by atoms with van der Waals surface area (Å²) in [6, 6.07) is 14.5. The summed E-state index contributed by atoms with van der Waals surface area (Å²) in [5.41, 5.74) is 1.68. The van der Waals surface area contributed by atoms with Crippen molar-refractivity contribution in [1.82, 2.24) is 15.0 Å². The molecule has 0 spiro atoms. The Morgan fingerprint density at radius 2 is 1.72 bits per heavy atom. The largest absolute Gasteiger partial charge is 0.277 e. The fourth-order valence-electron chi connectivity index (χ4n) is 2.37. The second-order valence-corrected chi connectivity index (χ2v) is 8.13.